The molecule has 0 radical (unpaired) electrons. The second-order valence-corrected chi connectivity index (χ2v) is 8.00. The summed E-state index contributed by atoms with van der Waals surface area (Å²) in [5.74, 6) is 0.970. The van der Waals surface area contributed by atoms with E-state index in [2.05, 4.69) is 91.9 Å². The molecule has 30 heavy (non-hydrogen) atoms. The first kappa shape index (κ1) is 18.7. The van der Waals surface area contributed by atoms with Gasteiger partial charge in [-0.15, -0.1) is 0 Å². The molecule has 0 spiro atoms. The molecular formula is C29H26O. The van der Waals surface area contributed by atoms with Gasteiger partial charge in [-0.05, 0) is 51.9 Å². The van der Waals surface area contributed by atoms with Gasteiger partial charge in [0.05, 0.1) is 0 Å². The zero-order valence-electron chi connectivity index (χ0n) is 17.4. The second kappa shape index (κ2) is 8.20. The van der Waals surface area contributed by atoms with Crippen LogP contribution >= 0.6 is 0 Å². The molecule has 0 bridgehead atoms. The van der Waals surface area contributed by atoms with Crippen LogP contribution in [0, 0.1) is 0 Å². The normalized spacial score (nSPS) is 13.0. The highest BCUT2D eigenvalue weighted by atomic mass is 16.5. The van der Waals surface area contributed by atoms with Gasteiger partial charge in [-0.3, -0.25) is 0 Å². The van der Waals surface area contributed by atoms with E-state index in [9.17, 15) is 0 Å². The molecule has 4 aromatic rings. The fourth-order valence-corrected chi connectivity index (χ4v) is 4.62. The molecule has 148 valence electrons. The van der Waals surface area contributed by atoms with E-state index in [1.807, 2.05) is 6.07 Å². The lowest BCUT2D eigenvalue weighted by atomic mass is 9.91. The maximum atomic E-state index is 6.45. The van der Waals surface area contributed by atoms with E-state index in [4.69, 9.17) is 4.74 Å². The van der Waals surface area contributed by atoms with Gasteiger partial charge >= 0.3 is 0 Å². The predicted octanol–water partition coefficient (Wildman–Crippen LogP) is 7.58. The summed E-state index contributed by atoms with van der Waals surface area (Å²) in [6.45, 7) is 2.84. The van der Waals surface area contributed by atoms with Gasteiger partial charge in [0.2, 0.25) is 0 Å². The van der Waals surface area contributed by atoms with Crippen LogP contribution in [0.15, 0.2) is 96.6 Å². The molecule has 0 saturated heterocycles. The Hall–Kier alpha value is -3.32. The number of fused-ring (bicyclic) bond motifs is 2. The van der Waals surface area contributed by atoms with Crippen molar-refractivity contribution in [3.63, 3.8) is 0 Å². The number of hydrogen-bond acceptors (Lipinski definition) is 1. The lowest BCUT2D eigenvalue weighted by Crippen LogP contribution is -2.00. The quantitative estimate of drug-likeness (QED) is 0.330. The third kappa shape index (κ3) is 3.41. The predicted molar refractivity (Wildman–Crippen MR) is 126 cm³/mol. The van der Waals surface area contributed by atoms with Gasteiger partial charge in [-0.25, -0.2) is 0 Å². The largest absolute Gasteiger partial charge is 0.488 e. The Morgan fingerprint density at radius 3 is 2.40 bits per heavy atom. The highest BCUT2D eigenvalue weighted by molar-refractivity contribution is 6.02. The first-order valence-electron chi connectivity index (χ1n) is 10.8. The Kier molecular flexibility index (Phi) is 5.11. The van der Waals surface area contributed by atoms with E-state index >= 15 is 0 Å². The molecule has 0 aromatic heterocycles. The molecule has 0 atom stereocenters. The maximum absolute atomic E-state index is 6.45. The molecule has 0 fully saturated rings. The first-order valence-corrected chi connectivity index (χ1v) is 10.8. The second-order valence-electron chi connectivity index (χ2n) is 8.00. The van der Waals surface area contributed by atoms with Crippen LogP contribution in [0.3, 0.4) is 0 Å². The summed E-state index contributed by atoms with van der Waals surface area (Å²) in [6, 6.07) is 32.3. The first-order chi connectivity index (χ1) is 14.8. The summed E-state index contributed by atoms with van der Waals surface area (Å²) in [6.07, 6.45) is 3.31. The molecule has 1 aliphatic rings. The molecule has 0 aliphatic heterocycles. The molecule has 4 aromatic carbocycles. The fourth-order valence-electron chi connectivity index (χ4n) is 4.62. The van der Waals surface area contributed by atoms with Gasteiger partial charge in [0.1, 0.15) is 12.4 Å². The number of benzene rings is 4. The van der Waals surface area contributed by atoms with Crippen LogP contribution < -0.4 is 4.74 Å². The maximum Gasteiger partial charge on any atom is 0.128 e. The number of allylic oxidation sites excluding steroid dienone is 1. The van der Waals surface area contributed by atoms with E-state index in [0.29, 0.717) is 6.61 Å². The zero-order valence-corrected chi connectivity index (χ0v) is 17.4. The Labute approximate surface area is 178 Å². The average molecular weight is 391 g/mol. The smallest absolute Gasteiger partial charge is 0.128 e. The molecule has 5 rings (SSSR count). The molecule has 1 nitrogen and oxygen atoms in total. The topological polar surface area (TPSA) is 9.23 Å². The average Bonchev–Trinajstić information content (AvgIpc) is 3.16. The van der Waals surface area contributed by atoms with Crippen LogP contribution in [0.25, 0.3) is 16.3 Å². The summed E-state index contributed by atoms with van der Waals surface area (Å²) in [5.41, 5.74) is 8.13. The molecule has 0 unspecified atom stereocenters. The number of hydrogen-bond donors (Lipinski definition) is 0. The lowest BCUT2D eigenvalue weighted by molar-refractivity contribution is 0.306. The van der Waals surface area contributed by atoms with Crippen molar-refractivity contribution < 1.29 is 4.74 Å². The standard InChI is InChI=1S/C29H26O/c1-2-10-24-19-23-14-7-9-16-26(23)28(24)29-25-15-8-6-13-22(25)17-18-27(29)30-20-21-11-4-3-5-12-21/h3-9,11-18H,2,10,19-20H2,1H3. The van der Waals surface area contributed by atoms with E-state index in [1.54, 1.807) is 0 Å². The van der Waals surface area contributed by atoms with Crippen molar-refractivity contribution in [2.45, 2.75) is 32.8 Å². The number of ether oxygens (including phenoxy) is 1. The zero-order chi connectivity index (χ0) is 20.3. The minimum absolute atomic E-state index is 0.574. The van der Waals surface area contributed by atoms with Crippen molar-refractivity contribution in [3.8, 4) is 5.75 Å². The Morgan fingerprint density at radius 1 is 0.767 bits per heavy atom. The minimum atomic E-state index is 0.574. The van der Waals surface area contributed by atoms with Gasteiger partial charge in [0.15, 0.2) is 0 Å². The summed E-state index contributed by atoms with van der Waals surface area (Å²) < 4.78 is 6.45. The summed E-state index contributed by atoms with van der Waals surface area (Å²) >= 11 is 0. The molecular weight excluding hydrogens is 364 g/mol. The van der Waals surface area contributed by atoms with Crippen molar-refractivity contribution in [2.24, 2.45) is 0 Å². The SMILES string of the molecule is CCCC1=C(c2c(OCc3ccccc3)ccc3ccccc23)c2ccccc2C1. The van der Waals surface area contributed by atoms with Crippen molar-refractivity contribution >= 4 is 16.3 Å². The molecule has 0 saturated carbocycles. The molecule has 0 N–H and O–H groups in total. The van der Waals surface area contributed by atoms with Crippen LogP contribution in [0.1, 0.15) is 42.0 Å². The Balaban J connectivity index is 1.69. The van der Waals surface area contributed by atoms with Crippen molar-refractivity contribution in [2.75, 3.05) is 0 Å². The Morgan fingerprint density at radius 2 is 1.53 bits per heavy atom. The van der Waals surface area contributed by atoms with E-state index in [0.717, 1.165) is 25.0 Å². The van der Waals surface area contributed by atoms with E-state index < -0.39 is 0 Å². The highest BCUT2D eigenvalue weighted by Crippen LogP contribution is 2.45. The van der Waals surface area contributed by atoms with Crippen LogP contribution in [0.4, 0.5) is 0 Å². The third-order valence-electron chi connectivity index (χ3n) is 5.97. The summed E-state index contributed by atoms with van der Waals surface area (Å²) in [4.78, 5) is 0. The minimum Gasteiger partial charge on any atom is -0.488 e. The van der Waals surface area contributed by atoms with Crippen molar-refractivity contribution in [1.29, 1.82) is 0 Å². The van der Waals surface area contributed by atoms with Crippen LogP contribution in [0.2, 0.25) is 0 Å². The monoisotopic (exact) mass is 390 g/mol. The third-order valence-corrected chi connectivity index (χ3v) is 5.97. The number of rotatable bonds is 6. The van der Waals surface area contributed by atoms with Crippen LogP contribution in [-0.2, 0) is 13.0 Å². The molecule has 1 heteroatoms. The molecule has 0 amide bonds. The summed E-state index contributed by atoms with van der Waals surface area (Å²) in [7, 11) is 0. The van der Waals surface area contributed by atoms with E-state index in [1.165, 1.54) is 44.2 Å². The van der Waals surface area contributed by atoms with Gasteiger partial charge < -0.3 is 4.74 Å². The van der Waals surface area contributed by atoms with E-state index in [-0.39, 0.29) is 0 Å². The van der Waals surface area contributed by atoms with Gasteiger partial charge in [0.25, 0.3) is 0 Å². The van der Waals surface area contributed by atoms with Gasteiger partial charge in [-0.1, -0.05) is 104 Å². The molecule has 0 heterocycles. The fraction of sp³-hybridized carbons (Fsp3) is 0.172. The Bertz CT molecular complexity index is 1220. The molecule has 1 aliphatic carbocycles. The lowest BCUT2D eigenvalue weighted by Gasteiger charge is -2.18. The summed E-state index contributed by atoms with van der Waals surface area (Å²) in [5, 5.41) is 2.52. The highest BCUT2D eigenvalue weighted by Gasteiger charge is 2.25. The van der Waals surface area contributed by atoms with Crippen molar-refractivity contribution in [1.82, 2.24) is 0 Å². The van der Waals surface area contributed by atoms with Crippen molar-refractivity contribution in [3.05, 3.63) is 119 Å². The van der Waals surface area contributed by atoms with Gasteiger partial charge in [0, 0.05) is 5.56 Å². The van der Waals surface area contributed by atoms with Crippen LogP contribution in [-0.4, -0.2) is 0 Å². The van der Waals surface area contributed by atoms with Gasteiger partial charge in [-0.2, -0.15) is 0 Å². The van der Waals surface area contributed by atoms with Crippen LogP contribution in [0.5, 0.6) is 5.75 Å².